The number of ether oxygens (including phenoxy) is 2. The predicted molar refractivity (Wildman–Crippen MR) is 71.2 cm³/mol. The van der Waals surface area contributed by atoms with Gasteiger partial charge in [0.2, 0.25) is 0 Å². The van der Waals surface area contributed by atoms with Gasteiger partial charge in [0.25, 0.3) is 11.7 Å². The van der Waals surface area contributed by atoms with E-state index in [1.807, 2.05) is 0 Å². The highest BCUT2D eigenvalue weighted by molar-refractivity contribution is 6.46. The average Bonchev–Trinajstić information content (AvgIpc) is 3.00. The summed E-state index contributed by atoms with van der Waals surface area (Å²) in [5, 5.41) is 2.54. The van der Waals surface area contributed by atoms with Gasteiger partial charge in [0.15, 0.2) is 11.5 Å². The Morgan fingerprint density at radius 1 is 1.10 bits per heavy atom. The second-order valence-electron chi connectivity index (χ2n) is 4.23. The number of hydrogen-bond donors (Lipinski definition) is 2. The van der Waals surface area contributed by atoms with Crippen molar-refractivity contribution in [3.8, 4) is 11.5 Å². The summed E-state index contributed by atoms with van der Waals surface area (Å²) in [5.41, 5.74) is 0.735. The summed E-state index contributed by atoms with van der Waals surface area (Å²) in [6, 6.07) is 8.20. The first-order valence-electron chi connectivity index (χ1n) is 6.13. The van der Waals surface area contributed by atoms with E-state index in [9.17, 15) is 9.59 Å². The molecule has 2 N–H and O–H groups in total. The number of rotatable bonds is 3. The summed E-state index contributed by atoms with van der Waals surface area (Å²) >= 11 is 0. The highest BCUT2D eigenvalue weighted by atomic mass is 16.6. The first kappa shape index (κ1) is 12.3. The lowest BCUT2D eigenvalue weighted by molar-refractivity contribution is -0.112. The normalized spacial score (nSPS) is 12.8. The Labute approximate surface area is 114 Å². The molecule has 1 aliphatic heterocycles. The SMILES string of the molecule is O=C(Nc1ccc2c(c1)OCCO2)C(=O)c1ccc[nH]1. The topological polar surface area (TPSA) is 80.4 Å². The maximum atomic E-state index is 11.8. The van der Waals surface area contributed by atoms with Crippen LogP contribution in [0.4, 0.5) is 5.69 Å². The van der Waals surface area contributed by atoms with Crippen molar-refractivity contribution in [2.24, 2.45) is 0 Å². The van der Waals surface area contributed by atoms with Gasteiger partial charge in [-0.05, 0) is 24.3 Å². The van der Waals surface area contributed by atoms with E-state index in [1.54, 1.807) is 36.5 Å². The molecule has 102 valence electrons. The number of H-pyrrole nitrogens is 1. The third kappa shape index (κ3) is 2.35. The molecule has 0 unspecified atom stereocenters. The van der Waals surface area contributed by atoms with Gasteiger partial charge in [0.1, 0.15) is 13.2 Å². The fraction of sp³-hybridized carbons (Fsp3) is 0.143. The van der Waals surface area contributed by atoms with E-state index >= 15 is 0 Å². The van der Waals surface area contributed by atoms with Crippen LogP contribution >= 0.6 is 0 Å². The summed E-state index contributed by atoms with van der Waals surface area (Å²) < 4.78 is 10.8. The van der Waals surface area contributed by atoms with Crippen LogP contribution in [0.1, 0.15) is 10.5 Å². The number of hydrogen-bond acceptors (Lipinski definition) is 4. The molecule has 2 heterocycles. The molecule has 6 nitrogen and oxygen atoms in total. The van der Waals surface area contributed by atoms with Crippen LogP contribution in [0, 0.1) is 0 Å². The van der Waals surface area contributed by atoms with Crippen molar-refractivity contribution < 1.29 is 19.1 Å². The summed E-state index contributed by atoms with van der Waals surface area (Å²) in [4.78, 5) is 26.3. The van der Waals surface area contributed by atoms with Crippen LogP contribution in [0.15, 0.2) is 36.5 Å². The van der Waals surface area contributed by atoms with E-state index in [4.69, 9.17) is 9.47 Å². The van der Waals surface area contributed by atoms with Crippen LogP contribution in [0.25, 0.3) is 0 Å². The van der Waals surface area contributed by atoms with Gasteiger partial charge in [-0.25, -0.2) is 0 Å². The Bertz CT molecular complexity index is 649. The standard InChI is InChI=1S/C14H12N2O4/c17-13(10-2-1-5-15-10)14(18)16-9-3-4-11-12(8-9)20-7-6-19-11/h1-5,8,15H,6-7H2,(H,16,18). The lowest BCUT2D eigenvalue weighted by Crippen LogP contribution is -2.23. The number of aromatic nitrogens is 1. The monoisotopic (exact) mass is 272 g/mol. The van der Waals surface area contributed by atoms with Crippen molar-refractivity contribution in [1.82, 2.24) is 4.98 Å². The molecule has 0 bridgehead atoms. The summed E-state index contributed by atoms with van der Waals surface area (Å²) in [6.07, 6.45) is 1.59. The average molecular weight is 272 g/mol. The van der Waals surface area contributed by atoms with Crippen LogP contribution < -0.4 is 14.8 Å². The van der Waals surface area contributed by atoms with Crippen LogP contribution in [0.2, 0.25) is 0 Å². The van der Waals surface area contributed by atoms with Crippen molar-refractivity contribution in [2.75, 3.05) is 18.5 Å². The van der Waals surface area contributed by atoms with Gasteiger partial charge in [-0.2, -0.15) is 0 Å². The van der Waals surface area contributed by atoms with E-state index in [2.05, 4.69) is 10.3 Å². The highest BCUT2D eigenvalue weighted by Gasteiger charge is 2.18. The number of fused-ring (bicyclic) bond motifs is 1. The Balaban J connectivity index is 1.74. The highest BCUT2D eigenvalue weighted by Crippen LogP contribution is 2.32. The molecule has 1 amide bonds. The van der Waals surface area contributed by atoms with E-state index < -0.39 is 11.7 Å². The van der Waals surface area contributed by atoms with Gasteiger partial charge in [-0.15, -0.1) is 0 Å². The third-order valence-electron chi connectivity index (χ3n) is 2.85. The molecule has 3 rings (SSSR count). The predicted octanol–water partition coefficient (Wildman–Crippen LogP) is 1.61. The molecule has 6 heteroatoms. The maximum Gasteiger partial charge on any atom is 0.298 e. The molecule has 0 saturated carbocycles. The van der Waals surface area contributed by atoms with Gasteiger partial charge in [-0.3, -0.25) is 9.59 Å². The molecule has 2 aromatic rings. The fourth-order valence-corrected chi connectivity index (χ4v) is 1.90. The third-order valence-corrected chi connectivity index (χ3v) is 2.85. The smallest absolute Gasteiger partial charge is 0.298 e. The number of Topliss-reactive ketones (excluding diaryl/α,β-unsaturated/α-hetero) is 1. The molecule has 1 aliphatic rings. The van der Waals surface area contributed by atoms with E-state index in [0.29, 0.717) is 30.4 Å². The first-order chi connectivity index (χ1) is 9.74. The lowest BCUT2D eigenvalue weighted by Gasteiger charge is -2.18. The van der Waals surface area contributed by atoms with Crippen LogP contribution in [0.3, 0.4) is 0 Å². The molecule has 1 aromatic heterocycles. The second-order valence-corrected chi connectivity index (χ2v) is 4.23. The van der Waals surface area contributed by atoms with Crippen molar-refractivity contribution in [2.45, 2.75) is 0 Å². The molecular formula is C14H12N2O4. The Kier molecular flexibility index (Phi) is 3.12. The summed E-state index contributed by atoms with van der Waals surface area (Å²) in [6.45, 7) is 0.968. The largest absolute Gasteiger partial charge is 0.486 e. The number of carbonyl (C=O) groups is 2. The minimum atomic E-state index is -0.705. The number of nitrogens with one attached hydrogen (secondary N) is 2. The number of carbonyl (C=O) groups excluding carboxylic acids is 2. The quantitative estimate of drug-likeness (QED) is 0.657. The zero-order valence-corrected chi connectivity index (χ0v) is 10.5. The van der Waals surface area contributed by atoms with Crippen molar-refractivity contribution in [1.29, 1.82) is 0 Å². The molecule has 0 radical (unpaired) electrons. The Hall–Kier alpha value is -2.76. The fourth-order valence-electron chi connectivity index (χ4n) is 1.90. The molecule has 20 heavy (non-hydrogen) atoms. The number of benzene rings is 1. The lowest BCUT2D eigenvalue weighted by atomic mass is 10.2. The van der Waals surface area contributed by atoms with Crippen molar-refractivity contribution in [3.63, 3.8) is 0 Å². The number of amides is 1. The van der Waals surface area contributed by atoms with Gasteiger partial charge in [0.05, 0.1) is 5.69 Å². The number of ketones is 1. The molecular weight excluding hydrogens is 260 g/mol. The molecule has 1 aromatic carbocycles. The minimum absolute atomic E-state index is 0.250. The summed E-state index contributed by atoms with van der Waals surface area (Å²) in [7, 11) is 0. The second kappa shape index (κ2) is 5.08. The molecule has 0 saturated heterocycles. The molecule has 0 atom stereocenters. The van der Waals surface area contributed by atoms with Crippen LogP contribution in [-0.4, -0.2) is 29.9 Å². The number of aromatic amines is 1. The Morgan fingerprint density at radius 2 is 1.90 bits per heavy atom. The van der Waals surface area contributed by atoms with E-state index in [-0.39, 0.29) is 5.69 Å². The van der Waals surface area contributed by atoms with Crippen LogP contribution in [-0.2, 0) is 4.79 Å². The van der Waals surface area contributed by atoms with Gasteiger partial charge in [-0.1, -0.05) is 0 Å². The summed E-state index contributed by atoms with van der Waals surface area (Å²) in [5.74, 6) is -0.139. The van der Waals surface area contributed by atoms with Crippen LogP contribution in [0.5, 0.6) is 11.5 Å². The maximum absolute atomic E-state index is 11.8. The zero-order valence-electron chi connectivity index (χ0n) is 10.5. The first-order valence-corrected chi connectivity index (χ1v) is 6.13. The minimum Gasteiger partial charge on any atom is -0.486 e. The Morgan fingerprint density at radius 3 is 2.65 bits per heavy atom. The number of anilines is 1. The zero-order chi connectivity index (χ0) is 13.9. The van der Waals surface area contributed by atoms with Crippen molar-refractivity contribution >= 4 is 17.4 Å². The van der Waals surface area contributed by atoms with Gasteiger partial charge >= 0.3 is 0 Å². The van der Waals surface area contributed by atoms with E-state index in [0.717, 1.165) is 0 Å². The van der Waals surface area contributed by atoms with Gasteiger partial charge in [0, 0.05) is 18.0 Å². The van der Waals surface area contributed by atoms with Gasteiger partial charge < -0.3 is 19.8 Å². The molecule has 0 fully saturated rings. The van der Waals surface area contributed by atoms with Crippen molar-refractivity contribution in [3.05, 3.63) is 42.2 Å². The molecule has 0 aliphatic carbocycles. The molecule has 0 spiro atoms. The van der Waals surface area contributed by atoms with E-state index in [1.165, 1.54) is 0 Å².